The molecule has 6 rings (SSSR count). The third-order valence-corrected chi connectivity index (χ3v) is 31.3. The number of aliphatic hydroxyl groups is 1. The summed E-state index contributed by atoms with van der Waals surface area (Å²) in [6, 6.07) is 36.4. The molecule has 1 nitrogen and oxygen atoms in total. The van der Waals surface area contributed by atoms with E-state index in [4.69, 9.17) is 0 Å². The van der Waals surface area contributed by atoms with Gasteiger partial charge in [-0.2, -0.15) is 0 Å². The van der Waals surface area contributed by atoms with Crippen molar-refractivity contribution in [1.29, 1.82) is 0 Å². The summed E-state index contributed by atoms with van der Waals surface area (Å²) in [7, 11) is 0. The monoisotopic (exact) mass is 596 g/mol. The summed E-state index contributed by atoms with van der Waals surface area (Å²) in [5, 5.41) is 10.0. The molecule has 0 bridgehead atoms. The molecule has 0 radical (unpaired) electrons. The van der Waals surface area contributed by atoms with Crippen molar-refractivity contribution in [3.63, 3.8) is 0 Å². The molecule has 1 N–H and O–H groups in total. The quantitative estimate of drug-likeness (QED) is 0.237. The van der Waals surface area contributed by atoms with E-state index in [-0.39, 0.29) is 31.4 Å². The number of fused-ring (bicyclic) bond motifs is 6. The first-order valence-electron chi connectivity index (χ1n) is 12.1. The fraction of sp³-hybridized carbons (Fsp3) is 0.200. The zero-order chi connectivity index (χ0) is 22.7. The molecule has 2 aliphatic carbocycles. The predicted octanol–water partition coefficient (Wildman–Crippen LogP) is 7.46. The van der Waals surface area contributed by atoms with Gasteiger partial charge in [0.25, 0.3) is 0 Å². The van der Waals surface area contributed by atoms with Crippen molar-refractivity contribution >= 4 is 31.7 Å². The molecule has 5 heteroatoms. The maximum atomic E-state index is 10.0. The van der Waals surface area contributed by atoms with Crippen LogP contribution in [0.5, 0.6) is 0 Å². The summed E-state index contributed by atoms with van der Waals surface area (Å²) >= 11 is -3.77. The Morgan fingerprint density at radius 3 is 1.17 bits per heavy atom. The average Bonchev–Trinajstić information content (AvgIpc) is 3.38. The van der Waals surface area contributed by atoms with E-state index in [1.165, 1.54) is 44.5 Å². The number of aliphatic hydroxyl groups excluding tert-OH is 1. The molecule has 180 valence electrons. The zero-order valence-electron chi connectivity index (χ0n) is 20.0. The normalized spacial score (nSPS) is 14.3. The third kappa shape index (κ3) is 3.87. The van der Waals surface area contributed by atoms with Crippen molar-refractivity contribution in [2.75, 3.05) is 6.61 Å². The van der Waals surface area contributed by atoms with Gasteiger partial charge in [0.1, 0.15) is 0 Å². The van der Waals surface area contributed by atoms with E-state index in [1.54, 1.807) is 0 Å². The van der Waals surface area contributed by atoms with Gasteiger partial charge in [0.05, 0.1) is 0 Å². The van der Waals surface area contributed by atoms with E-state index < -0.39 is 17.4 Å². The van der Waals surface area contributed by atoms with Crippen LogP contribution >= 0.6 is 24.8 Å². The van der Waals surface area contributed by atoms with E-state index >= 15 is 0 Å². The van der Waals surface area contributed by atoms with Crippen molar-refractivity contribution in [3.8, 4) is 22.3 Å². The number of hydrogen-bond acceptors (Lipinski definition) is 1. The Morgan fingerprint density at radius 1 is 0.600 bits per heavy atom. The van der Waals surface area contributed by atoms with Gasteiger partial charge in [-0.15, -0.1) is 24.8 Å². The average molecular weight is 599 g/mol. The van der Waals surface area contributed by atoms with E-state index in [0.717, 1.165) is 10.5 Å². The summed E-state index contributed by atoms with van der Waals surface area (Å²) in [6.45, 7) is 2.66. The number of halogens is 2. The van der Waals surface area contributed by atoms with E-state index in [9.17, 15) is 5.11 Å². The number of rotatable bonds is 5. The van der Waals surface area contributed by atoms with Gasteiger partial charge < -0.3 is 0 Å². The molecule has 4 aromatic rings. The second kappa shape index (κ2) is 9.77. The molecule has 0 saturated heterocycles. The molecule has 0 fully saturated rings. The topological polar surface area (TPSA) is 20.2 Å². The van der Waals surface area contributed by atoms with Gasteiger partial charge in [0, 0.05) is 0 Å². The molecule has 2 aliphatic rings. The Labute approximate surface area is 223 Å². The van der Waals surface area contributed by atoms with Crippen LogP contribution in [0, 0.1) is 0 Å². The Morgan fingerprint density at radius 2 is 0.886 bits per heavy atom. The fourth-order valence-electron chi connectivity index (χ4n) is 7.21. The molecule has 0 atom stereocenters. The van der Waals surface area contributed by atoms with Crippen LogP contribution in [0.2, 0.25) is 8.76 Å². The minimum absolute atomic E-state index is 0. The van der Waals surface area contributed by atoms with Gasteiger partial charge in [-0.05, 0) is 0 Å². The summed E-state index contributed by atoms with van der Waals surface area (Å²) in [5.41, 5.74) is 11.7. The van der Waals surface area contributed by atoms with Crippen molar-refractivity contribution in [3.05, 3.63) is 119 Å². The predicted molar refractivity (Wildman–Crippen MR) is 153 cm³/mol. The second-order valence-corrected chi connectivity index (χ2v) is 39.0. The second-order valence-electron chi connectivity index (χ2n) is 10.6. The van der Waals surface area contributed by atoms with Gasteiger partial charge in [0.15, 0.2) is 0 Å². The molecule has 35 heavy (non-hydrogen) atoms. The molecule has 0 aliphatic heterocycles. The molecule has 0 amide bonds. The van der Waals surface area contributed by atoms with Crippen molar-refractivity contribution < 1.29 is 22.5 Å². The minimum atomic E-state index is -3.77. The van der Waals surface area contributed by atoms with Gasteiger partial charge in [-0.1, -0.05) is 0 Å². The van der Waals surface area contributed by atoms with Crippen molar-refractivity contribution in [2.45, 2.75) is 22.4 Å². The van der Waals surface area contributed by atoms with E-state index in [1.807, 2.05) is 0 Å². The Hall–Kier alpha value is -1.48. The Balaban J connectivity index is 0.00000144. The maximum absolute atomic E-state index is 10.0. The van der Waals surface area contributed by atoms with Gasteiger partial charge >= 0.3 is 200 Å². The van der Waals surface area contributed by atoms with E-state index in [0.29, 0.717) is 7.25 Å². The molecular weight excluding hydrogens is 567 g/mol. The van der Waals surface area contributed by atoms with Crippen LogP contribution < -0.4 is 0 Å². The van der Waals surface area contributed by atoms with Gasteiger partial charge in [-0.25, -0.2) is 0 Å². The van der Waals surface area contributed by atoms with Gasteiger partial charge in [-0.3, -0.25) is 0 Å². The Bertz CT molecular complexity index is 1270. The fourth-order valence-corrected chi connectivity index (χ4v) is 30.6. The van der Waals surface area contributed by atoms with Crippen LogP contribution in [0.3, 0.4) is 0 Å². The molecule has 0 aromatic heterocycles. The molecule has 0 heterocycles. The van der Waals surface area contributed by atoms with Crippen LogP contribution in [0.25, 0.3) is 22.3 Å². The standard InChI is InChI=1S/2C13H9.C3H7O.CH3.2ClH.H2Si.Zr/c2*1-3-7-12-10(5-1)9-11-6-2-4-8-13(11)12;1-2-3-4;;;;;/h2*1-9H;4H,1-3H2;1H3;2*1H;1H2;. The van der Waals surface area contributed by atoms with E-state index in [2.05, 4.69) is 109 Å². The summed E-state index contributed by atoms with van der Waals surface area (Å²) in [5.74, 6) is 0. The van der Waals surface area contributed by atoms with Crippen LogP contribution in [0.4, 0.5) is 0 Å². The molecule has 4 aromatic carbocycles. The van der Waals surface area contributed by atoms with Crippen molar-refractivity contribution in [2.24, 2.45) is 0 Å². The number of hydrogen-bond donors (Lipinski definition) is 1. The van der Waals surface area contributed by atoms with Crippen LogP contribution in [0.1, 0.15) is 35.9 Å². The number of benzene rings is 4. The first-order chi connectivity index (χ1) is 16.0. The SMILES string of the molecule is Cl.Cl.[CH3][Zr](=[SiH2])([CH2]CCO)([CH]1c2ccccc2-c2ccccc21)[CH]1c2ccccc2-c2ccccc21. The molecule has 0 saturated carbocycles. The summed E-state index contributed by atoms with van der Waals surface area (Å²) in [6.07, 6.45) is 0.882. The van der Waals surface area contributed by atoms with Crippen LogP contribution in [0.15, 0.2) is 97.1 Å². The van der Waals surface area contributed by atoms with Crippen molar-refractivity contribution in [1.82, 2.24) is 0 Å². The van der Waals surface area contributed by atoms with Crippen LogP contribution in [-0.4, -0.2) is 18.6 Å². The first kappa shape index (κ1) is 26.6. The first-order valence-corrected chi connectivity index (χ1v) is 25.0. The molecule has 0 spiro atoms. The zero-order valence-corrected chi connectivity index (χ0v) is 25.5. The summed E-state index contributed by atoms with van der Waals surface area (Å²) < 4.78 is 4.76. The molecule has 0 unspecified atom stereocenters. The van der Waals surface area contributed by atoms with Crippen LogP contribution in [-0.2, 0) is 17.4 Å². The molecular formula is C30H32Cl2OSiZr. The third-order valence-electron chi connectivity index (χ3n) is 8.45. The van der Waals surface area contributed by atoms with Gasteiger partial charge in [0.2, 0.25) is 0 Å². The summed E-state index contributed by atoms with van der Waals surface area (Å²) in [4.78, 5) is 0. The Kier molecular flexibility index (Phi) is 7.42.